The maximum atomic E-state index is 9.50. The van der Waals surface area contributed by atoms with E-state index in [0.717, 1.165) is 22.4 Å². The Kier molecular flexibility index (Phi) is 4.97. The van der Waals surface area contributed by atoms with Crippen molar-refractivity contribution in [2.24, 2.45) is 0 Å². The molecule has 0 fully saturated rings. The average molecular weight is 268 g/mol. The maximum absolute atomic E-state index is 9.50. The molecule has 0 heterocycles. The first kappa shape index (κ1) is 14.4. The van der Waals surface area contributed by atoms with Gasteiger partial charge in [0.15, 0.2) is 0 Å². The van der Waals surface area contributed by atoms with Crippen molar-refractivity contribution in [2.45, 2.75) is 26.6 Å². The summed E-state index contributed by atoms with van der Waals surface area (Å²) in [5, 5.41) is 9.50. The number of rotatable bonds is 5. The summed E-state index contributed by atoms with van der Waals surface area (Å²) in [5.41, 5.74) is 3.12. The first-order valence-corrected chi connectivity index (χ1v) is 6.78. The maximum Gasteiger partial charge on any atom is 0.120 e. The predicted molar refractivity (Wildman–Crippen MR) is 82.5 cm³/mol. The number of ether oxygens (including phenoxy) is 1. The van der Waals surface area contributed by atoms with Gasteiger partial charge in [0.2, 0.25) is 0 Å². The van der Waals surface area contributed by atoms with E-state index in [0.29, 0.717) is 6.61 Å². The Morgan fingerprint density at radius 3 is 2.60 bits per heavy atom. The lowest BCUT2D eigenvalue weighted by Gasteiger charge is -2.08. The molecule has 0 aliphatic carbocycles. The van der Waals surface area contributed by atoms with Crippen molar-refractivity contribution >= 4 is 6.08 Å². The lowest BCUT2D eigenvalue weighted by Crippen LogP contribution is -2.00. The highest BCUT2D eigenvalue weighted by molar-refractivity contribution is 5.55. The summed E-state index contributed by atoms with van der Waals surface area (Å²) in [4.78, 5) is 0. The normalized spacial score (nSPS) is 13.1. The Balaban J connectivity index is 2.05. The van der Waals surface area contributed by atoms with Gasteiger partial charge in [-0.3, -0.25) is 0 Å². The Morgan fingerprint density at radius 2 is 1.90 bits per heavy atom. The zero-order chi connectivity index (χ0) is 14.4. The van der Waals surface area contributed by atoms with Crippen LogP contribution in [-0.4, -0.2) is 11.2 Å². The second kappa shape index (κ2) is 6.92. The van der Waals surface area contributed by atoms with Gasteiger partial charge in [-0.05, 0) is 42.7 Å². The van der Waals surface area contributed by atoms with Crippen LogP contribution >= 0.6 is 0 Å². The van der Waals surface area contributed by atoms with Crippen molar-refractivity contribution in [3.05, 3.63) is 71.3 Å². The summed E-state index contributed by atoms with van der Waals surface area (Å²) < 4.78 is 5.78. The van der Waals surface area contributed by atoms with Gasteiger partial charge in [-0.2, -0.15) is 0 Å². The molecule has 0 aliphatic heterocycles. The van der Waals surface area contributed by atoms with Crippen LogP contribution in [0.2, 0.25) is 0 Å². The lowest BCUT2D eigenvalue weighted by atomic mass is 10.1. The van der Waals surface area contributed by atoms with Crippen LogP contribution in [-0.2, 0) is 6.61 Å². The van der Waals surface area contributed by atoms with Crippen molar-refractivity contribution in [1.82, 2.24) is 0 Å². The Labute approximate surface area is 120 Å². The SMILES string of the molecule is C/C(=C\c1cccc(OCc2ccccc2)c1)[C@@H](C)O. The van der Waals surface area contributed by atoms with Crippen molar-refractivity contribution < 1.29 is 9.84 Å². The van der Waals surface area contributed by atoms with Crippen molar-refractivity contribution in [2.75, 3.05) is 0 Å². The standard InChI is InChI=1S/C18H20O2/c1-14(15(2)19)11-17-9-6-10-18(12-17)20-13-16-7-4-3-5-8-16/h3-12,15,19H,13H2,1-2H3/b14-11+/t15-/m1/s1. The Hall–Kier alpha value is -2.06. The first-order chi connectivity index (χ1) is 9.65. The summed E-state index contributed by atoms with van der Waals surface area (Å²) in [6.07, 6.45) is 1.55. The van der Waals surface area contributed by atoms with Crippen LogP contribution in [0.4, 0.5) is 0 Å². The molecule has 2 rings (SSSR count). The molecule has 0 bridgehead atoms. The molecule has 0 spiro atoms. The molecule has 0 saturated heterocycles. The molecule has 1 atom stereocenters. The second-order valence-electron chi connectivity index (χ2n) is 4.91. The molecule has 20 heavy (non-hydrogen) atoms. The largest absolute Gasteiger partial charge is 0.489 e. The minimum absolute atomic E-state index is 0.427. The molecular formula is C18H20O2. The van der Waals surface area contributed by atoms with Crippen LogP contribution in [0.1, 0.15) is 25.0 Å². The van der Waals surface area contributed by atoms with Crippen LogP contribution in [0.15, 0.2) is 60.2 Å². The molecule has 2 heteroatoms. The number of hydrogen-bond acceptors (Lipinski definition) is 2. The molecule has 0 unspecified atom stereocenters. The van der Waals surface area contributed by atoms with E-state index in [1.165, 1.54) is 0 Å². The molecule has 0 amide bonds. The van der Waals surface area contributed by atoms with Gasteiger partial charge in [-0.15, -0.1) is 0 Å². The van der Waals surface area contributed by atoms with E-state index >= 15 is 0 Å². The zero-order valence-electron chi connectivity index (χ0n) is 11.9. The minimum atomic E-state index is -0.427. The van der Waals surface area contributed by atoms with Crippen LogP contribution in [0.5, 0.6) is 5.75 Å². The van der Waals surface area contributed by atoms with E-state index in [9.17, 15) is 5.11 Å². The fourth-order valence-corrected chi connectivity index (χ4v) is 1.82. The predicted octanol–water partition coefficient (Wildman–Crippen LogP) is 4.05. The zero-order valence-corrected chi connectivity index (χ0v) is 11.9. The van der Waals surface area contributed by atoms with Gasteiger partial charge in [0.05, 0.1) is 6.10 Å². The van der Waals surface area contributed by atoms with E-state index in [1.807, 2.05) is 67.6 Å². The number of aliphatic hydroxyl groups excluding tert-OH is 1. The highest BCUT2D eigenvalue weighted by atomic mass is 16.5. The number of hydrogen-bond donors (Lipinski definition) is 1. The van der Waals surface area contributed by atoms with Crippen LogP contribution in [0.25, 0.3) is 6.08 Å². The summed E-state index contributed by atoms with van der Waals surface area (Å²) in [6.45, 7) is 4.24. The van der Waals surface area contributed by atoms with Crippen LogP contribution in [0, 0.1) is 0 Å². The van der Waals surface area contributed by atoms with Gasteiger partial charge >= 0.3 is 0 Å². The minimum Gasteiger partial charge on any atom is -0.489 e. The van der Waals surface area contributed by atoms with Crippen LogP contribution < -0.4 is 4.74 Å². The lowest BCUT2D eigenvalue weighted by molar-refractivity contribution is 0.232. The summed E-state index contributed by atoms with van der Waals surface area (Å²) >= 11 is 0. The molecular weight excluding hydrogens is 248 g/mol. The van der Waals surface area contributed by atoms with Gasteiger partial charge in [-0.25, -0.2) is 0 Å². The smallest absolute Gasteiger partial charge is 0.120 e. The molecule has 0 saturated carbocycles. The topological polar surface area (TPSA) is 29.5 Å². The first-order valence-electron chi connectivity index (χ1n) is 6.78. The third-order valence-corrected chi connectivity index (χ3v) is 3.16. The van der Waals surface area contributed by atoms with Crippen molar-refractivity contribution in [3.8, 4) is 5.75 Å². The van der Waals surface area contributed by atoms with Gasteiger partial charge < -0.3 is 9.84 Å². The quantitative estimate of drug-likeness (QED) is 0.886. The van der Waals surface area contributed by atoms with E-state index in [1.54, 1.807) is 6.92 Å². The Bertz CT molecular complexity index is 571. The summed E-state index contributed by atoms with van der Waals surface area (Å²) in [5.74, 6) is 0.834. The molecule has 0 aliphatic rings. The van der Waals surface area contributed by atoms with Crippen LogP contribution in [0.3, 0.4) is 0 Å². The van der Waals surface area contributed by atoms with Crippen molar-refractivity contribution in [3.63, 3.8) is 0 Å². The third kappa shape index (κ3) is 4.25. The number of aliphatic hydroxyl groups is 1. The van der Waals surface area contributed by atoms with E-state index in [4.69, 9.17) is 4.74 Å². The summed E-state index contributed by atoms with van der Waals surface area (Å²) in [7, 11) is 0. The molecule has 2 aromatic carbocycles. The molecule has 104 valence electrons. The van der Waals surface area contributed by atoms with E-state index in [-0.39, 0.29) is 0 Å². The monoisotopic (exact) mass is 268 g/mol. The van der Waals surface area contributed by atoms with E-state index in [2.05, 4.69) is 0 Å². The number of benzene rings is 2. The third-order valence-electron chi connectivity index (χ3n) is 3.16. The van der Waals surface area contributed by atoms with E-state index < -0.39 is 6.10 Å². The highest BCUT2D eigenvalue weighted by Gasteiger charge is 2.00. The van der Waals surface area contributed by atoms with Gasteiger partial charge in [0, 0.05) is 0 Å². The molecule has 0 radical (unpaired) electrons. The molecule has 2 aromatic rings. The van der Waals surface area contributed by atoms with Gasteiger partial charge in [0.1, 0.15) is 12.4 Å². The van der Waals surface area contributed by atoms with Crippen molar-refractivity contribution in [1.29, 1.82) is 0 Å². The highest BCUT2D eigenvalue weighted by Crippen LogP contribution is 2.18. The average Bonchev–Trinajstić information content (AvgIpc) is 2.46. The van der Waals surface area contributed by atoms with Gasteiger partial charge in [-0.1, -0.05) is 48.5 Å². The Morgan fingerprint density at radius 1 is 1.15 bits per heavy atom. The second-order valence-corrected chi connectivity index (χ2v) is 4.91. The molecule has 0 aromatic heterocycles. The summed E-state index contributed by atoms with van der Waals surface area (Å²) in [6, 6.07) is 18.0. The van der Waals surface area contributed by atoms with Gasteiger partial charge in [0.25, 0.3) is 0 Å². The fraction of sp³-hybridized carbons (Fsp3) is 0.222. The molecule has 2 nitrogen and oxygen atoms in total. The fourth-order valence-electron chi connectivity index (χ4n) is 1.82. The molecule has 1 N–H and O–H groups in total.